The van der Waals surface area contributed by atoms with Crippen LogP contribution in [0.1, 0.15) is 38.3 Å². The van der Waals surface area contributed by atoms with Crippen molar-refractivity contribution in [1.82, 2.24) is 15.1 Å². The number of carbonyl (C=O) groups excluding carboxylic acids is 2. The number of benzene rings is 1. The van der Waals surface area contributed by atoms with Crippen molar-refractivity contribution in [3.63, 3.8) is 0 Å². The van der Waals surface area contributed by atoms with Crippen LogP contribution in [0.3, 0.4) is 0 Å². The lowest BCUT2D eigenvalue weighted by Crippen LogP contribution is -2.57. The average molecular weight is 373 g/mol. The minimum atomic E-state index is -0.645. The third-order valence-electron chi connectivity index (χ3n) is 5.62. The maximum Gasteiger partial charge on any atom is 0.254 e. The first-order chi connectivity index (χ1) is 13.0. The Morgan fingerprint density at radius 2 is 1.89 bits per heavy atom. The highest BCUT2D eigenvalue weighted by atomic mass is 16.5. The van der Waals surface area contributed by atoms with E-state index in [1.807, 2.05) is 61.0 Å². The van der Waals surface area contributed by atoms with Crippen molar-refractivity contribution in [3.8, 4) is 0 Å². The zero-order chi connectivity index (χ0) is 19.4. The Morgan fingerprint density at radius 1 is 1.22 bits per heavy atom. The molecule has 27 heavy (non-hydrogen) atoms. The van der Waals surface area contributed by atoms with Gasteiger partial charge in [-0.1, -0.05) is 30.3 Å². The number of hydrogen-bond acceptors (Lipinski definition) is 4. The summed E-state index contributed by atoms with van der Waals surface area (Å²) in [6.45, 7) is 6.44. The summed E-state index contributed by atoms with van der Waals surface area (Å²) in [6.07, 6.45) is 1.36. The smallest absolute Gasteiger partial charge is 0.254 e. The van der Waals surface area contributed by atoms with Crippen molar-refractivity contribution in [3.05, 3.63) is 35.9 Å². The number of rotatable bonds is 5. The van der Waals surface area contributed by atoms with Crippen LogP contribution in [0.5, 0.6) is 0 Å². The standard InChI is InChI=1S/C21H31N3O3/c1-15(2)24-18(25)14-27-20(19(24)17-7-5-4-6-8-17)21(26)23-11-9-16(10-12-23)13-22-3/h4-8,15-16,19-20,22H,9-14H2,1-3H3. The van der Waals surface area contributed by atoms with E-state index in [2.05, 4.69) is 5.32 Å². The number of carbonyl (C=O) groups is 2. The van der Waals surface area contributed by atoms with E-state index in [-0.39, 0.29) is 30.5 Å². The molecular weight excluding hydrogens is 342 g/mol. The summed E-state index contributed by atoms with van der Waals surface area (Å²) < 4.78 is 5.83. The van der Waals surface area contributed by atoms with E-state index >= 15 is 0 Å². The van der Waals surface area contributed by atoms with Gasteiger partial charge >= 0.3 is 0 Å². The van der Waals surface area contributed by atoms with Crippen LogP contribution in [0.4, 0.5) is 0 Å². The Hall–Kier alpha value is -1.92. The highest BCUT2D eigenvalue weighted by Gasteiger charge is 2.44. The Balaban J connectivity index is 1.81. The van der Waals surface area contributed by atoms with Crippen LogP contribution in [0.15, 0.2) is 30.3 Å². The summed E-state index contributed by atoms with van der Waals surface area (Å²) in [5.74, 6) is 0.561. The highest BCUT2D eigenvalue weighted by Crippen LogP contribution is 2.33. The molecule has 0 bridgehead atoms. The van der Waals surface area contributed by atoms with E-state index in [0.717, 1.165) is 38.0 Å². The summed E-state index contributed by atoms with van der Waals surface area (Å²) in [6, 6.07) is 9.40. The second kappa shape index (κ2) is 8.85. The molecule has 0 radical (unpaired) electrons. The van der Waals surface area contributed by atoms with Crippen molar-refractivity contribution >= 4 is 11.8 Å². The van der Waals surface area contributed by atoms with Gasteiger partial charge in [-0.05, 0) is 51.8 Å². The number of amides is 2. The first kappa shape index (κ1) is 19.8. The number of piperidine rings is 1. The summed E-state index contributed by atoms with van der Waals surface area (Å²) in [4.78, 5) is 29.6. The second-order valence-electron chi connectivity index (χ2n) is 7.81. The lowest BCUT2D eigenvalue weighted by molar-refractivity contribution is -0.172. The Kier molecular flexibility index (Phi) is 6.50. The van der Waals surface area contributed by atoms with Gasteiger partial charge in [0.2, 0.25) is 5.91 Å². The highest BCUT2D eigenvalue weighted by molar-refractivity contribution is 5.86. The van der Waals surface area contributed by atoms with Gasteiger partial charge in [0.05, 0.1) is 6.04 Å². The Morgan fingerprint density at radius 3 is 2.48 bits per heavy atom. The molecule has 2 amide bonds. The summed E-state index contributed by atoms with van der Waals surface area (Å²) in [5.41, 5.74) is 0.947. The van der Waals surface area contributed by atoms with Gasteiger partial charge in [0, 0.05) is 19.1 Å². The van der Waals surface area contributed by atoms with Gasteiger partial charge in [-0.2, -0.15) is 0 Å². The largest absolute Gasteiger partial charge is 0.356 e. The van der Waals surface area contributed by atoms with Gasteiger partial charge in [0.1, 0.15) is 6.61 Å². The molecule has 1 N–H and O–H groups in total. The van der Waals surface area contributed by atoms with E-state index in [9.17, 15) is 9.59 Å². The van der Waals surface area contributed by atoms with Crippen LogP contribution in [0.2, 0.25) is 0 Å². The Bertz CT molecular complexity index is 641. The molecule has 2 aliphatic heterocycles. The van der Waals surface area contributed by atoms with Crippen LogP contribution < -0.4 is 5.32 Å². The van der Waals surface area contributed by atoms with E-state index in [0.29, 0.717) is 5.92 Å². The molecule has 0 spiro atoms. The fourth-order valence-electron chi connectivity index (χ4n) is 4.25. The molecular formula is C21H31N3O3. The molecule has 2 unspecified atom stereocenters. The van der Waals surface area contributed by atoms with Gasteiger partial charge in [0.15, 0.2) is 6.10 Å². The normalized spacial score (nSPS) is 24.5. The quantitative estimate of drug-likeness (QED) is 0.855. The minimum absolute atomic E-state index is 0.00303. The molecule has 0 aromatic heterocycles. The van der Waals surface area contributed by atoms with Crippen LogP contribution in [0.25, 0.3) is 0 Å². The lowest BCUT2D eigenvalue weighted by atomic mass is 9.93. The third kappa shape index (κ3) is 4.33. The number of nitrogens with one attached hydrogen (secondary N) is 1. The summed E-state index contributed by atoms with van der Waals surface area (Å²) in [5, 5.41) is 3.22. The van der Waals surface area contributed by atoms with Gasteiger partial charge in [-0.15, -0.1) is 0 Å². The molecule has 2 heterocycles. The van der Waals surface area contributed by atoms with Crippen molar-refractivity contribution in [2.75, 3.05) is 33.3 Å². The first-order valence-corrected chi connectivity index (χ1v) is 9.94. The topological polar surface area (TPSA) is 61.9 Å². The van der Waals surface area contributed by atoms with Crippen molar-refractivity contribution in [2.24, 2.45) is 5.92 Å². The molecule has 2 atom stereocenters. The van der Waals surface area contributed by atoms with Gasteiger partial charge in [-0.25, -0.2) is 0 Å². The maximum absolute atomic E-state index is 13.3. The van der Waals surface area contributed by atoms with Crippen LogP contribution in [-0.4, -0.2) is 67.0 Å². The average Bonchev–Trinajstić information content (AvgIpc) is 2.68. The van der Waals surface area contributed by atoms with Crippen LogP contribution in [-0.2, 0) is 14.3 Å². The SMILES string of the molecule is CNCC1CCN(C(=O)C2OCC(=O)N(C(C)C)C2c2ccccc2)CC1. The number of hydrogen-bond donors (Lipinski definition) is 1. The van der Waals surface area contributed by atoms with Gasteiger partial charge in [-0.3, -0.25) is 9.59 Å². The minimum Gasteiger partial charge on any atom is -0.356 e. The molecule has 0 aliphatic carbocycles. The zero-order valence-electron chi connectivity index (χ0n) is 16.6. The molecule has 6 nitrogen and oxygen atoms in total. The second-order valence-corrected chi connectivity index (χ2v) is 7.81. The fourth-order valence-corrected chi connectivity index (χ4v) is 4.25. The van der Waals surface area contributed by atoms with Crippen molar-refractivity contribution in [2.45, 2.75) is 44.9 Å². The third-order valence-corrected chi connectivity index (χ3v) is 5.62. The molecule has 1 aromatic rings. The van der Waals surface area contributed by atoms with E-state index in [4.69, 9.17) is 4.74 Å². The predicted molar refractivity (Wildman–Crippen MR) is 104 cm³/mol. The first-order valence-electron chi connectivity index (χ1n) is 9.94. The molecule has 2 aliphatic rings. The van der Waals surface area contributed by atoms with Crippen LogP contribution in [0, 0.1) is 5.92 Å². The molecule has 6 heteroatoms. The van der Waals surface area contributed by atoms with E-state index in [1.165, 1.54) is 0 Å². The summed E-state index contributed by atoms with van der Waals surface area (Å²) >= 11 is 0. The maximum atomic E-state index is 13.3. The summed E-state index contributed by atoms with van der Waals surface area (Å²) in [7, 11) is 1.97. The molecule has 1 aromatic carbocycles. The molecule has 2 saturated heterocycles. The zero-order valence-corrected chi connectivity index (χ0v) is 16.6. The number of morpholine rings is 1. The molecule has 2 fully saturated rings. The van der Waals surface area contributed by atoms with Crippen molar-refractivity contribution < 1.29 is 14.3 Å². The molecule has 3 rings (SSSR count). The van der Waals surface area contributed by atoms with Gasteiger partial charge in [0.25, 0.3) is 5.91 Å². The number of nitrogens with zero attached hydrogens (tertiary/aromatic N) is 2. The van der Waals surface area contributed by atoms with E-state index in [1.54, 1.807) is 0 Å². The predicted octanol–water partition coefficient (Wildman–Crippen LogP) is 1.82. The molecule has 0 saturated carbocycles. The monoisotopic (exact) mass is 373 g/mol. The fraction of sp³-hybridized carbons (Fsp3) is 0.619. The van der Waals surface area contributed by atoms with E-state index < -0.39 is 6.10 Å². The van der Waals surface area contributed by atoms with Gasteiger partial charge < -0.3 is 19.9 Å². The molecule has 148 valence electrons. The number of ether oxygens (including phenoxy) is 1. The number of likely N-dealkylation sites (tertiary alicyclic amines) is 1. The van der Waals surface area contributed by atoms with Crippen LogP contribution >= 0.6 is 0 Å². The Labute approximate surface area is 161 Å². The lowest BCUT2D eigenvalue weighted by Gasteiger charge is -2.44. The van der Waals surface area contributed by atoms with Crippen molar-refractivity contribution in [1.29, 1.82) is 0 Å².